The van der Waals surface area contributed by atoms with E-state index in [1.165, 1.54) is 11.8 Å². The number of thioether (sulfide) groups is 1. The molecule has 0 N–H and O–H groups in total. The van der Waals surface area contributed by atoms with Crippen molar-refractivity contribution in [2.24, 2.45) is 5.10 Å². The number of furan rings is 1. The molecule has 2 aromatic carbocycles. The fourth-order valence-corrected chi connectivity index (χ4v) is 4.59. The van der Waals surface area contributed by atoms with Crippen LogP contribution in [0.5, 0.6) is 17.2 Å². The molecule has 1 aromatic heterocycles. The predicted octanol–water partition coefficient (Wildman–Crippen LogP) is 4.92. The van der Waals surface area contributed by atoms with Crippen LogP contribution >= 0.6 is 11.8 Å². The summed E-state index contributed by atoms with van der Waals surface area (Å²) in [5.74, 6) is 3.65. The van der Waals surface area contributed by atoms with Gasteiger partial charge in [-0.05, 0) is 48.0 Å². The summed E-state index contributed by atoms with van der Waals surface area (Å²) in [6, 6.07) is 16.8. The SMILES string of the molecule is COc1ccc(C2=NN(C(=O)CSCc3ccco3)[C@@H](c3cccc(OC)c3OC)C2)cc1. The molecule has 0 radical (unpaired) electrons. The van der Waals surface area contributed by atoms with E-state index in [1.807, 2.05) is 54.6 Å². The number of carbonyl (C=O) groups is 1. The van der Waals surface area contributed by atoms with Gasteiger partial charge in [-0.15, -0.1) is 11.8 Å². The second-order valence-electron chi connectivity index (χ2n) is 7.39. The number of amides is 1. The summed E-state index contributed by atoms with van der Waals surface area (Å²) in [5, 5.41) is 6.32. The van der Waals surface area contributed by atoms with Crippen LogP contribution in [-0.4, -0.2) is 43.7 Å². The third-order valence-corrected chi connectivity index (χ3v) is 6.37. The maximum absolute atomic E-state index is 13.3. The van der Waals surface area contributed by atoms with Crippen LogP contribution in [0, 0.1) is 0 Å². The van der Waals surface area contributed by atoms with Crippen molar-refractivity contribution in [1.29, 1.82) is 0 Å². The lowest BCUT2D eigenvalue weighted by Crippen LogP contribution is -2.29. The Balaban J connectivity index is 1.61. The summed E-state index contributed by atoms with van der Waals surface area (Å²) in [4.78, 5) is 13.3. The van der Waals surface area contributed by atoms with E-state index in [-0.39, 0.29) is 17.7 Å². The first kappa shape index (κ1) is 22.8. The highest BCUT2D eigenvalue weighted by molar-refractivity contribution is 7.99. The van der Waals surface area contributed by atoms with E-state index in [0.717, 1.165) is 28.3 Å². The monoisotopic (exact) mass is 466 g/mol. The van der Waals surface area contributed by atoms with Gasteiger partial charge in [-0.3, -0.25) is 4.79 Å². The average molecular weight is 467 g/mol. The van der Waals surface area contributed by atoms with E-state index in [9.17, 15) is 4.79 Å². The number of ether oxygens (including phenoxy) is 3. The molecule has 0 unspecified atom stereocenters. The number of benzene rings is 2. The molecule has 1 aliphatic heterocycles. The summed E-state index contributed by atoms with van der Waals surface area (Å²) in [6.07, 6.45) is 2.19. The molecule has 0 saturated heterocycles. The molecule has 0 bridgehead atoms. The second kappa shape index (κ2) is 10.5. The second-order valence-corrected chi connectivity index (χ2v) is 8.37. The number of carbonyl (C=O) groups excluding carboxylic acids is 1. The van der Waals surface area contributed by atoms with E-state index in [4.69, 9.17) is 23.7 Å². The van der Waals surface area contributed by atoms with Crippen LogP contribution in [0.1, 0.15) is 29.3 Å². The molecule has 0 aliphatic carbocycles. The molecule has 1 amide bonds. The Hall–Kier alpha value is -3.39. The zero-order valence-corrected chi connectivity index (χ0v) is 19.6. The molecule has 0 fully saturated rings. The molecular weight excluding hydrogens is 440 g/mol. The van der Waals surface area contributed by atoms with Crippen LogP contribution < -0.4 is 14.2 Å². The lowest BCUT2D eigenvalue weighted by Gasteiger charge is -2.24. The molecule has 172 valence electrons. The Labute approximate surface area is 197 Å². The Kier molecular flexibility index (Phi) is 7.24. The van der Waals surface area contributed by atoms with Gasteiger partial charge in [0.1, 0.15) is 11.5 Å². The molecule has 1 aliphatic rings. The Morgan fingerprint density at radius 2 is 1.88 bits per heavy atom. The summed E-state index contributed by atoms with van der Waals surface area (Å²) < 4.78 is 21.8. The summed E-state index contributed by atoms with van der Waals surface area (Å²) in [5.41, 5.74) is 2.63. The van der Waals surface area contributed by atoms with Gasteiger partial charge in [0.25, 0.3) is 5.91 Å². The zero-order valence-electron chi connectivity index (χ0n) is 18.8. The van der Waals surface area contributed by atoms with Gasteiger partial charge in [-0.25, -0.2) is 5.01 Å². The van der Waals surface area contributed by atoms with Crippen molar-refractivity contribution in [3.05, 3.63) is 77.7 Å². The number of hydrazone groups is 1. The number of hydrogen-bond acceptors (Lipinski definition) is 7. The maximum Gasteiger partial charge on any atom is 0.253 e. The van der Waals surface area contributed by atoms with Gasteiger partial charge in [0.05, 0.1) is 50.9 Å². The number of nitrogens with zero attached hydrogens (tertiary/aromatic N) is 2. The highest BCUT2D eigenvalue weighted by Crippen LogP contribution is 2.42. The smallest absolute Gasteiger partial charge is 0.253 e. The van der Waals surface area contributed by atoms with Gasteiger partial charge >= 0.3 is 0 Å². The molecular formula is C25H26N2O5S. The highest BCUT2D eigenvalue weighted by Gasteiger charge is 2.35. The quantitative estimate of drug-likeness (QED) is 0.446. The first-order chi connectivity index (χ1) is 16.1. The third-order valence-electron chi connectivity index (χ3n) is 5.43. The van der Waals surface area contributed by atoms with Gasteiger partial charge in [0.2, 0.25) is 0 Å². The van der Waals surface area contributed by atoms with Crippen molar-refractivity contribution in [2.75, 3.05) is 27.1 Å². The first-order valence-electron chi connectivity index (χ1n) is 10.5. The lowest BCUT2D eigenvalue weighted by atomic mass is 9.97. The molecule has 8 heteroatoms. The van der Waals surface area contributed by atoms with Gasteiger partial charge in [0.15, 0.2) is 11.5 Å². The van der Waals surface area contributed by atoms with Crippen molar-refractivity contribution in [3.63, 3.8) is 0 Å². The molecule has 0 saturated carbocycles. The Morgan fingerprint density at radius 3 is 2.55 bits per heavy atom. The van der Waals surface area contributed by atoms with Gasteiger partial charge in [-0.2, -0.15) is 5.10 Å². The average Bonchev–Trinajstić information content (AvgIpc) is 3.54. The van der Waals surface area contributed by atoms with Crippen molar-refractivity contribution in [2.45, 2.75) is 18.2 Å². The number of methoxy groups -OCH3 is 3. The lowest BCUT2D eigenvalue weighted by molar-refractivity contribution is -0.130. The number of rotatable bonds is 9. The number of para-hydroxylation sites is 1. The molecule has 33 heavy (non-hydrogen) atoms. The van der Waals surface area contributed by atoms with Crippen molar-refractivity contribution < 1.29 is 23.4 Å². The Bertz CT molecular complexity index is 1110. The predicted molar refractivity (Wildman–Crippen MR) is 128 cm³/mol. The minimum atomic E-state index is -0.302. The normalized spacial score (nSPS) is 15.3. The largest absolute Gasteiger partial charge is 0.497 e. The first-order valence-corrected chi connectivity index (χ1v) is 11.6. The van der Waals surface area contributed by atoms with Crippen LogP contribution in [0.25, 0.3) is 0 Å². The maximum atomic E-state index is 13.3. The van der Waals surface area contributed by atoms with Crippen LogP contribution in [0.4, 0.5) is 0 Å². The fourth-order valence-electron chi connectivity index (χ4n) is 3.81. The van der Waals surface area contributed by atoms with E-state index in [2.05, 4.69) is 0 Å². The highest BCUT2D eigenvalue weighted by atomic mass is 32.2. The minimum Gasteiger partial charge on any atom is -0.497 e. The van der Waals surface area contributed by atoms with Crippen LogP contribution in [0.15, 0.2) is 70.4 Å². The summed E-state index contributed by atoms with van der Waals surface area (Å²) in [6.45, 7) is 0. The Morgan fingerprint density at radius 1 is 1.06 bits per heavy atom. The van der Waals surface area contributed by atoms with Gasteiger partial charge in [0, 0.05) is 12.0 Å². The van der Waals surface area contributed by atoms with E-state index in [1.54, 1.807) is 32.6 Å². The zero-order chi connectivity index (χ0) is 23.2. The minimum absolute atomic E-state index is 0.0788. The fraction of sp³-hybridized carbons (Fsp3) is 0.280. The van der Waals surface area contributed by atoms with E-state index >= 15 is 0 Å². The summed E-state index contributed by atoms with van der Waals surface area (Å²) in [7, 11) is 4.84. The summed E-state index contributed by atoms with van der Waals surface area (Å²) >= 11 is 1.50. The topological polar surface area (TPSA) is 73.5 Å². The van der Waals surface area contributed by atoms with Crippen LogP contribution in [0.3, 0.4) is 0 Å². The van der Waals surface area contributed by atoms with Crippen molar-refractivity contribution in [3.8, 4) is 17.2 Å². The van der Waals surface area contributed by atoms with Crippen molar-refractivity contribution in [1.82, 2.24) is 5.01 Å². The third kappa shape index (κ3) is 5.01. The number of hydrogen-bond donors (Lipinski definition) is 0. The molecule has 3 aromatic rings. The molecule has 1 atom stereocenters. The molecule has 7 nitrogen and oxygen atoms in total. The van der Waals surface area contributed by atoms with Crippen molar-refractivity contribution >= 4 is 23.4 Å². The van der Waals surface area contributed by atoms with E-state index < -0.39 is 0 Å². The standard InChI is InChI=1S/C25H26N2O5S/c1-29-18-11-9-17(10-12-18)21-14-22(20-7-4-8-23(30-2)25(20)31-3)27(26-21)24(28)16-33-15-19-6-5-13-32-19/h4-13,22H,14-16H2,1-3H3/t22-/m1/s1. The van der Waals surface area contributed by atoms with E-state index in [0.29, 0.717) is 23.7 Å². The molecule has 0 spiro atoms. The van der Waals surface area contributed by atoms with Crippen LogP contribution in [0.2, 0.25) is 0 Å². The van der Waals surface area contributed by atoms with Gasteiger partial charge < -0.3 is 18.6 Å². The van der Waals surface area contributed by atoms with Crippen LogP contribution in [-0.2, 0) is 10.5 Å². The molecule has 2 heterocycles. The van der Waals surface area contributed by atoms with Gasteiger partial charge in [-0.1, -0.05) is 12.1 Å². The molecule has 4 rings (SSSR count).